The van der Waals surface area contributed by atoms with E-state index in [1.807, 2.05) is 0 Å². The molecule has 1 radical (unpaired) electrons. The van der Waals surface area contributed by atoms with Gasteiger partial charge in [-0.05, 0) is 25.7 Å². The average Bonchev–Trinajstić information content (AvgIpc) is 2.12. The molecule has 0 heterocycles. The molecule has 8 heavy (non-hydrogen) atoms. The summed E-state index contributed by atoms with van der Waals surface area (Å²) in [7, 11) is 0. The summed E-state index contributed by atoms with van der Waals surface area (Å²) in [4.78, 5) is 0. The fourth-order valence-corrected chi connectivity index (χ4v) is 1.43. The Balaban J connectivity index is 2.24. The number of hydrogen-bond donors (Lipinski definition) is 0. The summed E-state index contributed by atoms with van der Waals surface area (Å²) < 4.78 is 0. The van der Waals surface area contributed by atoms with Gasteiger partial charge >= 0.3 is 0 Å². The molecule has 1 aliphatic carbocycles. The molecule has 0 amide bonds. The van der Waals surface area contributed by atoms with Crippen LogP contribution in [0.2, 0.25) is 0 Å². The molecule has 47 valence electrons. The molecule has 0 saturated heterocycles. The number of rotatable bonds is 1. The van der Waals surface area contributed by atoms with Crippen molar-refractivity contribution in [2.45, 2.75) is 38.7 Å². The van der Waals surface area contributed by atoms with Crippen LogP contribution in [-0.4, -0.2) is 6.10 Å². The van der Waals surface area contributed by atoms with Crippen LogP contribution >= 0.6 is 0 Å². The molecule has 1 saturated carbocycles. The van der Waals surface area contributed by atoms with Crippen molar-refractivity contribution >= 4 is 0 Å². The molecule has 0 bridgehead atoms. The minimum absolute atomic E-state index is 0.308. The Bertz CT molecular complexity index is 62.8. The first-order chi connectivity index (χ1) is 3.80. The quantitative estimate of drug-likeness (QED) is 0.495. The third-order valence-corrected chi connectivity index (χ3v) is 2.06. The predicted octanol–water partition coefficient (Wildman–Crippen LogP) is 2.00. The average molecular weight is 113 g/mol. The molecule has 1 heteroatoms. The largest absolute Gasteiger partial charge is 0.233 e. The standard InChI is InChI=1S/C7H13O/c1-6(8)7-4-2-3-5-7/h6-7H,2-5H2,1H3. The lowest BCUT2D eigenvalue weighted by atomic mass is 10.0. The lowest BCUT2D eigenvalue weighted by molar-refractivity contribution is 0.0546. The first kappa shape index (κ1) is 6.09. The van der Waals surface area contributed by atoms with E-state index < -0.39 is 0 Å². The van der Waals surface area contributed by atoms with Gasteiger partial charge < -0.3 is 0 Å². The topological polar surface area (TPSA) is 19.9 Å². The zero-order valence-electron chi connectivity index (χ0n) is 5.39. The van der Waals surface area contributed by atoms with Crippen molar-refractivity contribution in [2.75, 3.05) is 0 Å². The van der Waals surface area contributed by atoms with E-state index in [2.05, 4.69) is 0 Å². The van der Waals surface area contributed by atoms with Gasteiger partial charge in [0, 0.05) is 0 Å². The predicted molar refractivity (Wildman–Crippen MR) is 32.1 cm³/mol. The van der Waals surface area contributed by atoms with E-state index in [4.69, 9.17) is 0 Å². The van der Waals surface area contributed by atoms with E-state index in [1.165, 1.54) is 25.7 Å². The monoisotopic (exact) mass is 113 g/mol. The first-order valence-electron chi connectivity index (χ1n) is 3.46. The van der Waals surface area contributed by atoms with Crippen LogP contribution in [0.4, 0.5) is 0 Å². The molecule has 0 aromatic rings. The van der Waals surface area contributed by atoms with Gasteiger partial charge in [-0.3, -0.25) is 0 Å². The van der Waals surface area contributed by atoms with Crippen molar-refractivity contribution in [3.05, 3.63) is 0 Å². The lowest BCUT2D eigenvalue weighted by Crippen LogP contribution is -2.10. The molecule has 0 aromatic heterocycles. The van der Waals surface area contributed by atoms with Crippen LogP contribution in [-0.2, 0) is 5.11 Å². The third kappa shape index (κ3) is 1.22. The normalized spacial score (nSPS) is 26.2. The molecule has 0 aliphatic heterocycles. The molecule has 0 spiro atoms. The maximum atomic E-state index is 10.7. The third-order valence-electron chi connectivity index (χ3n) is 2.06. The maximum absolute atomic E-state index is 10.7. The first-order valence-corrected chi connectivity index (χ1v) is 3.46. The summed E-state index contributed by atoms with van der Waals surface area (Å²) in [6.07, 6.45) is 4.64. The van der Waals surface area contributed by atoms with Gasteiger partial charge in [0.15, 0.2) is 0 Å². The van der Waals surface area contributed by atoms with Crippen molar-refractivity contribution in [1.29, 1.82) is 0 Å². The maximum Gasteiger partial charge on any atom is 0.0930 e. The summed E-state index contributed by atoms with van der Waals surface area (Å²) in [6, 6.07) is 0. The highest BCUT2D eigenvalue weighted by Crippen LogP contribution is 2.27. The summed E-state index contributed by atoms with van der Waals surface area (Å²) >= 11 is 0. The van der Waals surface area contributed by atoms with Gasteiger partial charge in [-0.1, -0.05) is 12.8 Å². The smallest absolute Gasteiger partial charge is 0.0930 e. The van der Waals surface area contributed by atoms with Crippen LogP contribution < -0.4 is 0 Å². The zero-order chi connectivity index (χ0) is 5.98. The Morgan fingerprint density at radius 3 is 2.12 bits per heavy atom. The van der Waals surface area contributed by atoms with Gasteiger partial charge in [0.2, 0.25) is 0 Å². The Morgan fingerprint density at radius 1 is 1.38 bits per heavy atom. The van der Waals surface area contributed by atoms with Crippen LogP contribution in [0.15, 0.2) is 0 Å². The lowest BCUT2D eigenvalue weighted by Gasteiger charge is -2.07. The van der Waals surface area contributed by atoms with Gasteiger partial charge in [-0.25, -0.2) is 5.11 Å². The zero-order valence-corrected chi connectivity index (χ0v) is 5.39. The van der Waals surface area contributed by atoms with Crippen molar-refractivity contribution < 1.29 is 5.11 Å². The van der Waals surface area contributed by atoms with Crippen LogP contribution in [0.25, 0.3) is 0 Å². The minimum atomic E-state index is -0.308. The Morgan fingerprint density at radius 2 is 1.88 bits per heavy atom. The SMILES string of the molecule is CC([O])C1CCCC1. The second-order valence-corrected chi connectivity index (χ2v) is 2.75. The summed E-state index contributed by atoms with van der Waals surface area (Å²) in [5.74, 6) is 0.509. The second kappa shape index (κ2) is 2.49. The fourth-order valence-electron chi connectivity index (χ4n) is 1.43. The van der Waals surface area contributed by atoms with Crippen LogP contribution in [0.1, 0.15) is 32.6 Å². The van der Waals surface area contributed by atoms with Crippen molar-refractivity contribution in [3.8, 4) is 0 Å². The highest BCUT2D eigenvalue weighted by Gasteiger charge is 2.19. The van der Waals surface area contributed by atoms with Gasteiger partial charge in [0.25, 0.3) is 0 Å². The molecule has 1 nitrogen and oxygen atoms in total. The van der Waals surface area contributed by atoms with E-state index >= 15 is 0 Å². The van der Waals surface area contributed by atoms with Crippen LogP contribution in [0.3, 0.4) is 0 Å². The molecule has 1 rings (SSSR count). The molecular weight excluding hydrogens is 100 g/mol. The van der Waals surface area contributed by atoms with E-state index in [-0.39, 0.29) is 6.10 Å². The number of hydrogen-bond acceptors (Lipinski definition) is 0. The highest BCUT2D eigenvalue weighted by atomic mass is 16.3. The molecule has 0 aromatic carbocycles. The van der Waals surface area contributed by atoms with E-state index in [0.717, 1.165) is 0 Å². The highest BCUT2D eigenvalue weighted by molar-refractivity contribution is 4.70. The van der Waals surface area contributed by atoms with Crippen molar-refractivity contribution in [3.63, 3.8) is 0 Å². The molecule has 1 unspecified atom stereocenters. The Hall–Kier alpha value is -0.0400. The summed E-state index contributed by atoms with van der Waals surface area (Å²) in [5.41, 5.74) is 0. The van der Waals surface area contributed by atoms with Crippen LogP contribution in [0, 0.1) is 5.92 Å². The molecule has 1 atom stereocenters. The van der Waals surface area contributed by atoms with Gasteiger partial charge in [-0.2, -0.15) is 0 Å². The Kier molecular flexibility index (Phi) is 1.90. The van der Waals surface area contributed by atoms with Gasteiger partial charge in [0.05, 0.1) is 6.10 Å². The molecule has 0 N–H and O–H groups in total. The minimum Gasteiger partial charge on any atom is -0.233 e. The van der Waals surface area contributed by atoms with E-state index in [0.29, 0.717) is 5.92 Å². The summed E-state index contributed by atoms with van der Waals surface area (Å²) in [5, 5.41) is 10.7. The Labute approximate surface area is 50.7 Å². The van der Waals surface area contributed by atoms with Crippen molar-refractivity contribution in [1.82, 2.24) is 0 Å². The van der Waals surface area contributed by atoms with Gasteiger partial charge in [0.1, 0.15) is 0 Å². The van der Waals surface area contributed by atoms with E-state index in [1.54, 1.807) is 6.92 Å². The van der Waals surface area contributed by atoms with Crippen molar-refractivity contribution in [2.24, 2.45) is 5.92 Å². The summed E-state index contributed by atoms with van der Waals surface area (Å²) in [6.45, 7) is 1.79. The molecular formula is C7H13O. The molecule has 1 aliphatic rings. The van der Waals surface area contributed by atoms with Gasteiger partial charge in [-0.15, -0.1) is 0 Å². The second-order valence-electron chi connectivity index (χ2n) is 2.75. The van der Waals surface area contributed by atoms with E-state index in [9.17, 15) is 5.11 Å². The van der Waals surface area contributed by atoms with Crippen LogP contribution in [0.5, 0.6) is 0 Å². The molecule has 1 fully saturated rings. The fraction of sp³-hybridized carbons (Fsp3) is 1.00.